The van der Waals surface area contributed by atoms with Crippen molar-refractivity contribution in [3.8, 4) is 0 Å². The van der Waals surface area contributed by atoms with Crippen molar-refractivity contribution in [3.05, 3.63) is 66.0 Å². The van der Waals surface area contributed by atoms with Gasteiger partial charge in [0.2, 0.25) is 20.0 Å². The van der Waals surface area contributed by atoms with Gasteiger partial charge in [0.1, 0.15) is 0 Å². The molecule has 15 heteroatoms. The van der Waals surface area contributed by atoms with Crippen LogP contribution in [0.1, 0.15) is 11.4 Å². The van der Waals surface area contributed by atoms with E-state index in [2.05, 4.69) is 26.3 Å². The van der Waals surface area contributed by atoms with Gasteiger partial charge in [0.05, 0.1) is 32.6 Å². The van der Waals surface area contributed by atoms with Gasteiger partial charge < -0.3 is 21.3 Å². The Kier molecular flexibility index (Phi) is 7.59. The second-order valence-corrected chi connectivity index (χ2v) is 10.7. The van der Waals surface area contributed by atoms with E-state index in [0.29, 0.717) is 11.4 Å². The van der Waals surface area contributed by atoms with E-state index in [-0.39, 0.29) is 32.5 Å². The Morgan fingerprint density at radius 3 is 1.42 bits per heavy atom. The fourth-order valence-corrected chi connectivity index (χ4v) is 4.17. The third-order valence-electron chi connectivity index (χ3n) is 4.74. The van der Waals surface area contributed by atoms with Crippen molar-refractivity contribution >= 4 is 54.9 Å². The first kappa shape index (κ1) is 26.6. The molecule has 36 heavy (non-hydrogen) atoms. The van der Waals surface area contributed by atoms with Gasteiger partial charge in [-0.1, -0.05) is 12.1 Å². The lowest BCUT2D eigenvalue weighted by molar-refractivity contribution is 0.261. The highest BCUT2D eigenvalue weighted by atomic mass is 32.2. The van der Waals surface area contributed by atoms with Gasteiger partial charge in [-0.15, -0.1) is 0 Å². The van der Waals surface area contributed by atoms with Crippen LogP contribution in [-0.2, 0) is 20.0 Å². The highest BCUT2D eigenvalue weighted by molar-refractivity contribution is 7.89. The Morgan fingerprint density at radius 1 is 0.667 bits per heavy atom. The van der Waals surface area contributed by atoms with Crippen LogP contribution in [0.2, 0.25) is 0 Å². The predicted octanol–water partition coefficient (Wildman–Crippen LogP) is 2.28. The number of aromatic nitrogens is 1. The van der Waals surface area contributed by atoms with Gasteiger partial charge >= 0.3 is 12.1 Å². The molecular formula is C21H23N7O6S2. The molecule has 1 aromatic heterocycles. The van der Waals surface area contributed by atoms with Gasteiger partial charge in [0, 0.05) is 11.4 Å². The average molecular weight is 534 g/mol. The molecule has 3 aromatic rings. The number of benzene rings is 2. The maximum absolute atomic E-state index is 12.5. The number of hydrogen-bond acceptors (Lipinski definition) is 7. The highest BCUT2D eigenvalue weighted by Gasteiger charge is 2.14. The summed E-state index contributed by atoms with van der Waals surface area (Å²) in [6.07, 6.45) is 0. The SMILES string of the molecule is Cc1nc(C)c(NC(=O)Nc2cccc(S(N)(=O)=O)c2)cc1NC(=O)Nc1cccc(S(N)(=O)=O)c1. The first-order chi connectivity index (χ1) is 16.7. The van der Waals surface area contributed by atoms with Crippen molar-refractivity contribution in [2.24, 2.45) is 10.3 Å². The number of nitrogens with one attached hydrogen (secondary N) is 4. The molecule has 0 spiro atoms. The standard InChI is InChI=1S/C21H23N7O6S2/c1-12-18(27-20(29)25-14-5-3-7-16(9-14)35(22,31)32)11-19(13(2)24-12)28-21(30)26-15-6-4-8-17(10-15)36(23,33)34/h3-11H,1-2H3,(H2,22,31,32)(H2,23,33,34)(H2,25,27,29)(H2,26,28,30). The number of rotatable bonds is 6. The van der Waals surface area contributed by atoms with Crippen LogP contribution in [0.15, 0.2) is 64.4 Å². The van der Waals surface area contributed by atoms with Crippen LogP contribution in [-0.4, -0.2) is 33.9 Å². The third kappa shape index (κ3) is 6.98. The van der Waals surface area contributed by atoms with Gasteiger partial charge in [-0.05, 0) is 56.3 Å². The van der Waals surface area contributed by atoms with Gasteiger partial charge in [-0.3, -0.25) is 4.98 Å². The molecule has 4 amide bonds. The van der Waals surface area contributed by atoms with Crippen LogP contribution in [0.25, 0.3) is 0 Å². The van der Waals surface area contributed by atoms with E-state index in [0.717, 1.165) is 0 Å². The number of nitrogens with two attached hydrogens (primary N) is 2. The Balaban J connectivity index is 1.73. The summed E-state index contributed by atoms with van der Waals surface area (Å²) in [5, 5.41) is 20.4. The number of pyridine rings is 1. The number of sulfonamides is 2. The molecule has 0 aliphatic carbocycles. The Bertz CT molecular complexity index is 1440. The first-order valence-corrected chi connectivity index (χ1v) is 13.2. The molecular weight excluding hydrogens is 510 g/mol. The zero-order valence-corrected chi connectivity index (χ0v) is 20.7. The lowest BCUT2D eigenvalue weighted by Crippen LogP contribution is -2.23. The summed E-state index contributed by atoms with van der Waals surface area (Å²) in [5.74, 6) is 0. The van der Waals surface area contributed by atoms with Crippen LogP contribution in [0.5, 0.6) is 0 Å². The first-order valence-electron chi connectivity index (χ1n) is 10.1. The quantitative estimate of drug-likeness (QED) is 0.277. The van der Waals surface area contributed by atoms with Crippen molar-refractivity contribution in [2.45, 2.75) is 23.6 Å². The van der Waals surface area contributed by atoms with Crippen molar-refractivity contribution in [1.82, 2.24) is 4.98 Å². The number of primary sulfonamides is 2. The Morgan fingerprint density at radius 2 is 1.06 bits per heavy atom. The maximum Gasteiger partial charge on any atom is 0.323 e. The Labute approximate surface area is 207 Å². The topological polar surface area (TPSA) is 215 Å². The number of hydrogen-bond donors (Lipinski definition) is 6. The molecule has 1 heterocycles. The van der Waals surface area contributed by atoms with Crippen LogP contribution in [0, 0.1) is 13.8 Å². The minimum Gasteiger partial charge on any atom is -0.308 e. The monoisotopic (exact) mass is 533 g/mol. The summed E-state index contributed by atoms with van der Waals surface area (Å²) in [5.41, 5.74) is 1.83. The number of carbonyl (C=O) groups is 2. The molecule has 2 aromatic carbocycles. The molecule has 0 fully saturated rings. The molecule has 13 nitrogen and oxygen atoms in total. The highest BCUT2D eigenvalue weighted by Crippen LogP contribution is 2.23. The van der Waals surface area contributed by atoms with E-state index in [1.165, 1.54) is 54.6 Å². The fraction of sp³-hybridized carbons (Fsp3) is 0.0952. The molecule has 0 radical (unpaired) electrons. The number of amides is 4. The molecule has 0 saturated heterocycles. The van der Waals surface area contributed by atoms with Crippen molar-refractivity contribution in [2.75, 3.05) is 21.3 Å². The van der Waals surface area contributed by atoms with Crippen molar-refractivity contribution in [3.63, 3.8) is 0 Å². The molecule has 0 saturated carbocycles. The number of urea groups is 2. The number of anilines is 4. The average Bonchev–Trinajstić information content (AvgIpc) is 2.76. The molecule has 0 aliphatic rings. The molecule has 8 N–H and O–H groups in total. The van der Waals surface area contributed by atoms with Gasteiger partial charge in [-0.2, -0.15) is 0 Å². The molecule has 190 valence electrons. The second kappa shape index (κ2) is 10.3. The third-order valence-corrected chi connectivity index (χ3v) is 6.56. The zero-order chi connectivity index (χ0) is 26.7. The van der Waals surface area contributed by atoms with Crippen LogP contribution in [0.4, 0.5) is 32.3 Å². The predicted molar refractivity (Wildman–Crippen MR) is 135 cm³/mol. The lowest BCUT2D eigenvalue weighted by atomic mass is 10.2. The molecule has 3 rings (SSSR count). The van der Waals surface area contributed by atoms with Crippen molar-refractivity contribution in [1.29, 1.82) is 0 Å². The minimum atomic E-state index is -3.94. The van der Waals surface area contributed by atoms with Crippen LogP contribution < -0.4 is 31.5 Å². The second-order valence-electron chi connectivity index (χ2n) is 7.56. The van der Waals surface area contributed by atoms with Crippen LogP contribution in [0.3, 0.4) is 0 Å². The van der Waals surface area contributed by atoms with E-state index >= 15 is 0 Å². The van der Waals surface area contributed by atoms with E-state index in [4.69, 9.17) is 10.3 Å². The minimum absolute atomic E-state index is 0.166. The Hall–Kier alpha value is -4.05. The van der Waals surface area contributed by atoms with E-state index in [9.17, 15) is 26.4 Å². The van der Waals surface area contributed by atoms with Gasteiger partial charge in [0.15, 0.2) is 0 Å². The van der Waals surface area contributed by atoms with Gasteiger partial charge in [-0.25, -0.2) is 36.7 Å². The summed E-state index contributed by atoms with van der Waals surface area (Å²) in [6, 6.07) is 10.9. The van der Waals surface area contributed by atoms with E-state index in [1.807, 2.05) is 0 Å². The molecule has 0 aliphatic heterocycles. The lowest BCUT2D eigenvalue weighted by Gasteiger charge is -2.15. The molecule has 0 atom stereocenters. The number of nitrogens with zero attached hydrogens (tertiary/aromatic N) is 1. The smallest absolute Gasteiger partial charge is 0.308 e. The van der Waals surface area contributed by atoms with E-state index in [1.54, 1.807) is 13.8 Å². The summed E-state index contributed by atoms with van der Waals surface area (Å²) in [4.78, 5) is 28.9. The summed E-state index contributed by atoms with van der Waals surface area (Å²) in [7, 11) is -7.89. The summed E-state index contributed by atoms with van der Waals surface area (Å²) < 4.78 is 46.0. The summed E-state index contributed by atoms with van der Waals surface area (Å²) >= 11 is 0. The number of carbonyl (C=O) groups excluding carboxylic acids is 2. The molecule has 0 unspecified atom stereocenters. The summed E-state index contributed by atoms with van der Waals surface area (Å²) in [6.45, 7) is 3.29. The number of aryl methyl sites for hydroxylation is 2. The normalized spacial score (nSPS) is 11.4. The van der Waals surface area contributed by atoms with Crippen molar-refractivity contribution < 1.29 is 26.4 Å². The fourth-order valence-electron chi connectivity index (χ4n) is 3.05. The maximum atomic E-state index is 12.5. The van der Waals surface area contributed by atoms with Crippen LogP contribution >= 0.6 is 0 Å². The van der Waals surface area contributed by atoms with E-state index < -0.39 is 32.1 Å². The largest absolute Gasteiger partial charge is 0.323 e. The molecule has 0 bridgehead atoms. The van der Waals surface area contributed by atoms with Gasteiger partial charge in [0.25, 0.3) is 0 Å². The zero-order valence-electron chi connectivity index (χ0n) is 19.1.